The summed E-state index contributed by atoms with van der Waals surface area (Å²) in [5.74, 6) is -3.79. The highest BCUT2D eigenvalue weighted by molar-refractivity contribution is 5.76. The van der Waals surface area contributed by atoms with Gasteiger partial charge in [0.15, 0.2) is 12.1 Å². The molecule has 396 valence electrons. The predicted molar refractivity (Wildman–Crippen MR) is 251 cm³/mol. The quantitative estimate of drug-likeness (QED) is 0.0534. The summed E-state index contributed by atoms with van der Waals surface area (Å²) in [4.78, 5) is 28.9. The predicted octanol–water partition coefficient (Wildman–Crippen LogP) is -0.890. The second kappa shape index (κ2) is 30.5. The first-order chi connectivity index (χ1) is 33.1. The summed E-state index contributed by atoms with van der Waals surface area (Å²) in [7, 11) is 1.18. The Morgan fingerprint density at radius 1 is 0.757 bits per heavy atom. The molecule has 0 unspecified atom stereocenters. The standard InChI is InChI=1S/C47H75N5O18/c1-28-16-14-12-10-8-6-4-5-7-9-11-13-15-17-33(69-44-43(62)42(38(60)27-67-44)49-45(48)52(3)66)24-39-41(50-46(63)51-65)37(59)26-47(64,70-39)25-32(55)22-36(58)34(56)19-18-30(53)21-31(54)23-40(61)68-29(2)20-35(28)57/h4-17,28-39,41-44,53-60,62,64-66H,18-27H2,1-3H3,(H2,48,49)(H2,50,51,63)/b5-4+,8-6+,9-7+,12-10+,13-11+,16-14+,17-15+/t28-,29-,30+,31+,32-,33-,34+,35-,36+,37-,38+,39-,41+,42-,43-,44-,47+/m0/s1. The molecule has 16 N–H and O–H groups in total. The Hall–Kier alpha value is -4.41. The van der Waals surface area contributed by atoms with Crippen LogP contribution in [0.4, 0.5) is 4.79 Å². The first-order valence-electron chi connectivity index (χ1n) is 23.2. The smallest absolute Gasteiger partial charge is 0.338 e. The lowest BCUT2D eigenvalue weighted by Crippen LogP contribution is -2.63. The van der Waals surface area contributed by atoms with Crippen molar-refractivity contribution in [2.75, 3.05) is 13.7 Å². The van der Waals surface area contributed by atoms with E-state index in [0.29, 0.717) is 5.06 Å². The van der Waals surface area contributed by atoms with E-state index in [1.165, 1.54) is 18.6 Å². The number of nitrogens with zero attached hydrogens (tertiary/aromatic N) is 2. The van der Waals surface area contributed by atoms with Crippen LogP contribution in [0.15, 0.2) is 90.1 Å². The molecule has 3 aliphatic rings. The van der Waals surface area contributed by atoms with E-state index in [1.54, 1.807) is 85.9 Å². The number of esters is 1. The number of guanidine groups is 1. The van der Waals surface area contributed by atoms with Gasteiger partial charge in [0.05, 0.1) is 74.0 Å². The molecule has 3 aliphatic heterocycles. The number of nitrogens with two attached hydrogens (primary N) is 1. The fourth-order valence-electron chi connectivity index (χ4n) is 7.91. The van der Waals surface area contributed by atoms with E-state index in [-0.39, 0.29) is 38.0 Å². The number of amides is 2. The number of rotatable bonds is 4. The van der Waals surface area contributed by atoms with Crippen LogP contribution in [-0.4, -0.2) is 196 Å². The van der Waals surface area contributed by atoms with Crippen LogP contribution < -0.4 is 16.5 Å². The molecule has 23 heteroatoms. The number of ether oxygens (including phenoxy) is 4. The highest BCUT2D eigenvalue weighted by atomic mass is 16.7. The fraction of sp³-hybridized carbons (Fsp3) is 0.638. The summed E-state index contributed by atoms with van der Waals surface area (Å²) in [6, 6.07) is -3.82. The zero-order valence-electron chi connectivity index (χ0n) is 39.7. The third-order valence-electron chi connectivity index (χ3n) is 11.7. The van der Waals surface area contributed by atoms with E-state index in [2.05, 4.69) is 10.3 Å². The maximum atomic E-state index is 12.5. The normalized spacial score (nSPS) is 41.1. The van der Waals surface area contributed by atoms with Gasteiger partial charge in [-0.1, -0.05) is 92.0 Å². The molecule has 17 atom stereocenters. The number of allylic oxidation sites excluding steroid dienone is 12. The van der Waals surface area contributed by atoms with E-state index in [9.17, 15) is 71.1 Å². The molecule has 3 rings (SSSR count). The van der Waals surface area contributed by atoms with Gasteiger partial charge in [-0.15, -0.1) is 0 Å². The Morgan fingerprint density at radius 2 is 1.36 bits per heavy atom. The molecule has 70 heavy (non-hydrogen) atoms. The van der Waals surface area contributed by atoms with Gasteiger partial charge in [-0.3, -0.25) is 15.2 Å². The molecule has 2 saturated heterocycles. The number of carbonyl (C=O) groups is 2. The van der Waals surface area contributed by atoms with Crippen molar-refractivity contribution in [3.05, 3.63) is 85.1 Å². The van der Waals surface area contributed by atoms with Crippen molar-refractivity contribution in [1.82, 2.24) is 15.9 Å². The van der Waals surface area contributed by atoms with Gasteiger partial charge >= 0.3 is 12.0 Å². The van der Waals surface area contributed by atoms with Crippen LogP contribution in [0.5, 0.6) is 0 Å². The minimum absolute atomic E-state index is 0.122. The van der Waals surface area contributed by atoms with Crippen molar-refractivity contribution in [3.63, 3.8) is 0 Å². The molecule has 2 fully saturated rings. The third kappa shape index (κ3) is 21.5. The first kappa shape index (κ1) is 59.9. The van der Waals surface area contributed by atoms with Gasteiger partial charge in [-0.2, -0.15) is 0 Å². The number of hydrogen-bond donors (Lipinski definition) is 15. The van der Waals surface area contributed by atoms with E-state index < -0.39 is 148 Å². The van der Waals surface area contributed by atoms with Crippen LogP contribution in [0.1, 0.15) is 71.6 Å². The van der Waals surface area contributed by atoms with Gasteiger partial charge in [-0.25, -0.2) is 20.3 Å². The average Bonchev–Trinajstić information content (AvgIpc) is 3.27. The second-order valence-electron chi connectivity index (χ2n) is 17.9. The Morgan fingerprint density at radius 3 is 1.96 bits per heavy atom. The Labute approximate surface area is 407 Å². The van der Waals surface area contributed by atoms with E-state index >= 15 is 0 Å². The van der Waals surface area contributed by atoms with Crippen LogP contribution in [0.3, 0.4) is 0 Å². The molecule has 0 aromatic carbocycles. The number of fused-ring (bicyclic) bond motifs is 2. The molecule has 0 saturated carbocycles. The highest BCUT2D eigenvalue weighted by Crippen LogP contribution is 2.35. The number of aliphatic imine (C=N–C) groups is 1. The molecule has 0 spiro atoms. The van der Waals surface area contributed by atoms with E-state index in [0.717, 1.165) is 0 Å². The summed E-state index contributed by atoms with van der Waals surface area (Å²) >= 11 is 0. The summed E-state index contributed by atoms with van der Waals surface area (Å²) in [6.07, 6.45) is 3.80. The lowest BCUT2D eigenvalue weighted by Gasteiger charge is -2.46. The van der Waals surface area contributed by atoms with Gasteiger partial charge in [0.2, 0.25) is 5.96 Å². The number of cyclic esters (lactones) is 1. The van der Waals surface area contributed by atoms with Crippen LogP contribution in [-0.2, 0) is 23.7 Å². The lowest BCUT2D eigenvalue weighted by atomic mass is 9.87. The van der Waals surface area contributed by atoms with Crippen molar-refractivity contribution in [1.29, 1.82) is 0 Å². The largest absolute Gasteiger partial charge is 0.462 e. The summed E-state index contributed by atoms with van der Waals surface area (Å²) in [5.41, 5.74) is 7.15. The molecule has 2 amide bonds. The minimum atomic E-state index is -2.34. The summed E-state index contributed by atoms with van der Waals surface area (Å²) < 4.78 is 23.2. The van der Waals surface area contributed by atoms with Crippen molar-refractivity contribution in [2.24, 2.45) is 16.6 Å². The second-order valence-corrected chi connectivity index (χ2v) is 17.9. The number of aliphatic hydroxyl groups excluding tert-OH is 9. The maximum absolute atomic E-state index is 12.5. The first-order valence-corrected chi connectivity index (χ1v) is 23.2. The van der Waals surface area contributed by atoms with Crippen LogP contribution in [0.25, 0.3) is 0 Å². The van der Waals surface area contributed by atoms with Gasteiger partial charge in [0, 0.05) is 45.1 Å². The Bertz CT molecular complexity index is 1830. The fourth-order valence-corrected chi connectivity index (χ4v) is 7.91. The highest BCUT2D eigenvalue weighted by Gasteiger charge is 2.49. The van der Waals surface area contributed by atoms with Gasteiger partial charge < -0.3 is 81.1 Å². The van der Waals surface area contributed by atoms with E-state index in [4.69, 9.17) is 24.7 Å². The number of hydrogen-bond acceptors (Lipinski definition) is 19. The van der Waals surface area contributed by atoms with Crippen LogP contribution in [0, 0.1) is 5.92 Å². The van der Waals surface area contributed by atoms with Crippen molar-refractivity contribution >= 4 is 18.0 Å². The number of hydroxylamine groups is 3. The molecule has 0 radical (unpaired) electrons. The van der Waals surface area contributed by atoms with Crippen molar-refractivity contribution in [3.8, 4) is 0 Å². The molecule has 2 bridgehead atoms. The Kier molecular flexibility index (Phi) is 26.1. The summed E-state index contributed by atoms with van der Waals surface area (Å²) in [6.45, 7) is 3.04. The van der Waals surface area contributed by atoms with E-state index in [1.807, 2.05) is 6.92 Å². The summed E-state index contributed by atoms with van der Waals surface area (Å²) in [5, 5.41) is 131. The van der Waals surface area contributed by atoms with Gasteiger partial charge in [0.25, 0.3) is 0 Å². The molecule has 0 aliphatic carbocycles. The SMILES string of the molecule is C[C@H]1C[C@H](O)[C@@H](C)/C=C/C=C/C=C/C=C/C=C/C=C/C=C/[C@H](O[C@@H]2OC[C@@H](O)[C@H](N=C(N)N(C)O)[C@@H]2O)C[C@@H]2O[C@](O)(C[C@@H](O)C[C@@H](O)[C@H](O)CC[C@@H](O)C[C@@H](O)CC(=O)O1)C[C@H](O)[C@H]2NC(=O)NO. The Balaban J connectivity index is 1.92. The third-order valence-corrected chi connectivity index (χ3v) is 11.7. The number of urea groups is 1. The minimum Gasteiger partial charge on any atom is -0.462 e. The molecular weight excluding hydrogens is 923 g/mol. The zero-order valence-corrected chi connectivity index (χ0v) is 39.7. The van der Waals surface area contributed by atoms with Crippen molar-refractivity contribution in [2.45, 2.75) is 169 Å². The number of carbonyl (C=O) groups excluding carboxylic acids is 2. The van der Waals surface area contributed by atoms with Crippen molar-refractivity contribution < 1.29 is 90.0 Å². The topological polar surface area (TPSA) is 379 Å². The molecule has 23 nitrogen and oxygen atoms in total. The van der Waals surface area contributed by atoms with Gasteiger partial charge in [-0.05, 0) is 26.2 Å². The number of aliphatic hydroxyl groups is 10. The monoisotopic (exact) mass is 998 g/mol. The van der Waals surface area contributed by atoms with Crippen LogP contribution >= 0.6 is 0 Å². The maximum Gasteiger partial charge on any atom is 0.338 e. The average molecular weight is 998 g/mol. The molecule has 0 aromatic rings. The number of nitrogens with one attached hydrogen (secondary N) is 2. The molecule has 0 aromatic heterocycles. The van der Waals surface area contributed by atoms with Crippen LogP contribution in [0.2, 0.25) is 0 Å². The molecule has 3 heterocycles. The zero-order chi connectivity index (χ0) is 52.0. The molecular formula is C47H75N5O18. The lowest BCUT2D eigenvalue weighted by molar-refractivity contribution is -0.299. The van der Waals surface area contributed by atoms with Gasteiger partial charge in [0.1, 0.15) is 24.4 Å².